The molecule has 3 nitrogen and oxygen atoms in total. The Hall–Kier alpha value is -2.83. The molecule has 2 aromatic rings. The van der Waals surface area contributed by atoms with Gasteiger partial charge in [-0.15, -0.1) is 0 Å². The first-order chi connectivity index (χ1) is 11.2. The molecule has 0 radical (unpaired) electrons. The first-order valence-corrected chi connectivity index (χ1v) is 7.19. The number of hydrogen-bond donors (Lipinski definition) is 0. The van der Waals surface area contributed by atoms with Crippen LogP contribution in [0.15, 0.2) is 60.7 Å². The first kappa shape index (κ1) is 16.5. The Kier molecular flexibility index (Phi) is 6.17. The Morgan fingerprint density at radius 3 is 2.43 bits per heavy atom. The minimum Gasteiger partial charge on any atom is -0.459 e. The molecule has 0 N–H and O–H groups in total. The Balaban J connectivity index is 2.29. The van der Waals surface area contributed by atoms with E-state index in [1.54, 1.807) is 7.11 Å². The molecule has 2 aromatic carbocycles. The molecule has 0 fully saturated rings. The van der Waals surface area contributed by atoms with E-state index < -0.39 is 5.97 Å². The molecule has 0 spiro atoms. The van der Waals surface area contributed by atoms with E-state index in [2.05, 4.69) is 16.6 Å². The number of esters is 1. The highest BCUT2D eigenvalue weighted by Crippen LogP contribution is 2.22. The second kappa shape index (κ2) is 8.57. The van der Waals surface area contributed by atoms with Gasteiger partial charge in [0, 0.05) is 24.2 Å². The smallest absolute Gasteiger partial charge is 0.384 e. The van der Waals surface area contributed by atoms with Crippen LogP contribution in [0.25, 0.3) is 6.08 Å². The van der Waals surface area contributed by atoms with Crippen LogP contribution in [-0.2, 0) is 14.3 Å². The molecule has 0 saturated heterocycles. The lowest BCUT2D eigenvalue weighted by Gasteiger charge is -2.13. The van der Waals surface area contributed by atoms with Crippen molar-refractivity contribution in [3.8, 4) is 11.8 Å². The van der Waals surface area contributed by atoms with Gasteiger partial charge in [0.2, 0.25) is 0 Å². The molecule has 0 amide bonds. The van der Waals surface area contributed by atoms with Gasteiger partial charge in [-0.25, -0.2) is 4.79 Å². The largest absolute Gasteiger partial charge is 0.459 e. The van der Waals surface area contributed by atoms with Crippen LogP contribution < -0.4 is 0 Å². The number of rotatable bonds is 4. The number of ether oxygens (including phenoxy) is 2. The van der Waals surface area contributed by atoms with Crippen molar-refractivity contribution in [3.05, 3.63) is 77.4 Å². The lowest BCUT2D eigenvalue weighted by molar-refractivity contribution is -0.133. The van der Waals surface area contributed by atoms with Crippen LogP contribution in [0.5, 0.6) is 0 Å². The molecule has 116 valence electrons. The summed E-state index contributed by atoms with van der Waals surface area (Å²) in [6, 6.07) is 17.6. The average Bonchev–Trinajstić information content (AvgIpc) is 2.62. The van der Waals surface area contributed by atoms with E-state index in [9.17, 15) is 4.79 Å². The Bertz CT molecular complexity index is 736. The number of hydrogen-bond acceptors (Lipinski definition) is 3. The van der Waals surface area contributed by atoms with Crippen molar-refractivity contribution in [2.24, 2.45) is 0 Å². The molecular weight excluding hydrogens is 288 g/mol. The summed E-state index contributed by atoms with van der Waals surface area (Å²) in [6.45, 7) is 0. The van der Waals surface area contributed by atoms with Crippen LogP contribution in [0.1, 0.15) is 22.8 Å². The molecule has 0 aliphatic carbocycles. The van der Waals surface area contributed by atoms with E-state index in [1.807, 2.05) is 66.7 Å². The minimum atomic E-state index is -0.561. The van der Waals surface area contributed by atoms with Gasteiger partial charge in [-0.3, -0.25) is 0 Å². The molecule has 2 rings (SSSR count). The van der Waals surface area contributed by atoms with Gasteiger partial charge in [-0.1, -0.05) is 66.6 Å². The predicted molar refractivity (Wildman–Crippen MR) is 90.6 cm³/mol. The minimum absolute atomic E-state index is 0.252. The highest BCUT2D eigenvalue weighted by molar-refractivity contribution is 5.89. The second-order valence-electron chi connectivity index (χ2n) is 4.75. The molecule has 0 saturated carbocycles. The fourth-order valence-corrected chi connectivity index (χ4v) is 2.10. The van der Waals surface area contributed by atoms with Gasteiger partial charge < -0.3 is 9.47 Å². The summed E-state index contributed by atoms with van der Waals surface area (Å²) >= 11 is 0. The maximum absolute atomic E-state index is 11.2. The Morgan fingerprint density at radius 1 is 1.04 bits per heavy atom. The zero-order valence-electron chi connectivity index (χ0n) is 13.2. The van der Waals surface area contributed by atoms with Crippen LogP contribution in [-0.4, -0.2) is 20.2 Å². The molecule has 1 unspecified atom stereocenters. The quantitative estimate of drug-likeness (QED) is 0.639. The van der Waals surface area contributed by atoms with Crippen molar-refractivity contribution >= 4 is 12.0 Å². The fraction of sp³-hybridized carbons (Fsp3) is 0.150. The summed E-state index contributed by atoms with van der Waals surface area (Å²) in [4.78, 5) is 11.2. The van der Waals surface area contributed by atoms with E-state index in [-0.39, 0.29) is 6.10 Å². The topological polar surface area (TPSA) is 35.5 Å². The lowest BCUT2D eigenvalue weighted by atomic mass is 10.0. The monoisotopic (exact) mass is 306 g/mol. The lowest BCUT2D eigenvalue weighted by Crippen LogP contribution is -2.01. The van der Waals surface area contributed by atoms with Crippen LogP contribution in [0.3, 0.4) is 0 Å². The van der Waals surface area contributed by atoms with Crippen molar-refractivity contribution in [1.82, 2.24) is 0 Å². The molecular formula is C20H18O3. The van der Waals surface area contributed by atoms with Crippen LogP contribution in [0.2, 0.25) is 0 Å². The van der Waals surface area contributed by atoms with Gasteiger partial charge in [-0.2, -0.15) is 0 Å². The summed E-state index contributed by atoms with van der Waals surface area (Å²) in [7, 11) is 2.95. The third-order valence-corrected chi connectivity index (χ3v) is 3.27. The molecule has 1 atom stereocenters. The zero-order chi connectivity index (χ0) is 16.5. The van der Waals surface area contributed by atoms with Gasteiger partial charge in [0.1, 0.15) is 6.10 Å². The van der Waals surface area contributed by atoms with E-state index >= 15 is 0 Å². The highest BCUT2D eigenvalue weighted by atomic mass is 16.5. The van der Waals surface area contributed by atoms with Gasteiger partial charge in [-0.05, 0) is 11.6 Å². The Morgan fingerprint density at radius 2 is 1.74 bits per heavy atom. The van der Waals surface area contributed by atoms with E-state index in [4.69, 9.17) is 4.74 Å². The molecule has 0 heterocycles. The third-order valence-electron chi connectivity index (χ3n) is 3.27. The molecule has 3 heteroatoms. The standard InChI is InChI=1S/C20H18O3/c1-22-19(14-12-16-8-4-3-5-9-16)18-11-7-6-10-17(18)13-15-20(21)23-2/h3-12,14,19H,1-2H3/b14-12+. The summed E-state index contributed by atoms with van der Waals surface area (Å²) in [5.74, 6) is 4.73. The van der Waals surface area contributed by atoms with E-state index in [0.29, 0.717) is 0 Å². The van der Waals surface area contributed by atoms with Crippen molar-refractivity contribution in [2.45, 2.75) is 6.10 Å². The Labute approximate surface area is 136 Å². The maximum Gasteiger partial charge on any atom is 0.384 e. The number of methoxy groups -OCH3 is 2. The summed E-state index contributed by atoms with van der Waals surface area (Å²) < 4.78 is 10.1. The van der Waals surface area contributed by atoms with Gasteiger partial charge in [0.05, 0.1) is 7.11 Å². The van der Waals surface area contributed by atoms with Gasteiger partial charge >= 0.3 is 5.97 Å². The summed E-state index contributed by atoms with van der Waals surface area (Å²) in [5, 5.41) is 0. The van der Waals surface area contributed by atoms with Crippen molar-refractivity contribution in [3.63, 3.8) is 0 Å². The molecule has 0 aromatic heterocycles. The van der Waals surface area contributed by atoms with E-state index in [1.165, 1.54) is 7.11 Å². The molecule has 0 aliphatic rings. The SMILES string of the molecule is COC(=O)C#Cc1ccccc1C(/C=C/c1ccccc1)OC. The number of carbonyl (C=O) groups excluding carboxylic acids is 1. The van der Waals surface area contributed by atoms with Crippen LogP contribution in [0.4, 0.5) is 0 Å². The van der Waals surface area contributed by atoms with Gasteiger partial charge in [0.15, 0.2) is 0 Å². The molecule has 0 bridgehead atoms. The molecule has 0 aliphatic heterocycles. The van der Waals surface area contributed by atoms with Crippen molar-refractivity contribution < 1.29 is 14.3 Å². The average molecular weight is 306 g/mol. The highest BCUT2D eigenvalue weighted by Gasteiger charge is 2.10. The van der Waals surface area contributed by atoms with Crippen LogP contribution in [0, 0.1) is 11.8 Å². The zero-order valence-corrected chi connectivity index (χ0v) is 13.2. The normalized spacial score (nSPS) is 11.6. The second-order valence-corrected chi connectivity index (χ2v) is 4.75. The summed E-state index contributed by atoms with van der Waals surface area (Å²) in [5.41, 5.74) is 2.73. The maximum atomic E-state index is 11.2. The first-order valence-electron chi connectivity index (χ1n) is 7.19. The number of carbonyl (C=O) groups is 1. The van der Waals surface area contributed by atoms with Crippen molar-refractivity contribution in [1.29, 1.82) is 0 Å². The van der Waals surface area contributed by atoms with Gasteiger partial charge in [0.25, 0.3) is 0 Å². The predicted octanol–water partition coefficient (Wildman–Crippen LogP) is 3.61. The molecule has 23 heavy (non-hydrogen) atoms. The fourth-order valence-electron chi connectivity index (χ4n) is 2.10. The van der Waals surface area contributed by atoms with Crippen molar-refractivity contribution in [2.75, 3.05) is 14.2 Å². The van der Waals surface area contributed by atoms with Crippen LogP contribution >= 0.6 is 0 Å². The number of benzene rings is 2. The third kappa shape index (κ3) is 4.84. The summed E-state index contributed by atoms with van der Waals surface area (Å²) in [6.07, 6.45) is 3.71. The van der Waals surface area contributed by atoms with E-state index in [0.717, 1.165) is 16.7 Å².